The minimum Gasteiger partial charge on any atom is -0.369 e. The summed E-state index contributed by atoms with van der Waals surface area (Å²) in [5.74, 6) is -0.168. The summed E-state index contributed by atoms with van der Waals surface area (Å²) in [6, 6.07) is 7.34. The van der Waals surface area contributed by atoms with E-state index in [1.165, 1.54) is 25.3 Å². The molecule has 1 N–H and O–H groups in total. The molecule has 2 rings (SSSR count). The topological polar surface area (TPSA) is 21.3 Å². The molecule has 1 aromatic rings. The zero-order chi connectivity index (χ0) is 14.4. The Morgan fingerprint density at radius 2 is 1.90 bits per heavy atom. The molecule has 0 amide bonds. The molecule has 1 aliphatic carbocycles. The van der Waals surface area contributed by atoms with Gasteiger partial charge in [-0.1, -0.05) is 51.3 Å². The molecule has 1 fully saturated rings. The molecule has 0 aromatic heterocycles. The maximum atomic E-state index is 14.0. The second kappa shape index (κ2) is 7.75. The molecule has 0 bridgehead atoms. The van der Waals surface area contributed by atoms with E-state index in [4.69, 9.17) is 4.74 Å². The Balaban J connectivity index is 2.05. The van der Waals surface area contributed by atoms with Crippen LogP contribution in [0.5, 0.6) is 0 Å². The van der Waals surface area contributed by atoms with Gasteiger partial charge in [0.15, 0.2) is 0 Å². The molecule has 1 saturated carbocycles. The summed E-state index contributed by atoms with van der Waals surface area (Å²) in [6.07, 6.45) is 6.05. The van der Waals surface area contributed by atoms with Crippen LogP contribution in [0.3, 0.4) is 0 Å². The average molecular weight is 279 g/mol. The van der Waals surface area contributed by atoms with E-state index in [0.717, 1.165) is 12.8 Å². The van der Waals surface area contributed by atoms with Gasteiger partial charge < -0.3 is 10.1 Å². The van der Waals surface area contributed by atoms with E-state index in [0.29, 0.717) is 18.2 Å². The molecular formula is C17H26FNO. The van der Waals surface area contributed by atoms with Gasteiger partial charge in [-0.05, 0) is 18.9 Å². The van der Waals surface area contributed by atoms with Crippen molar-refractivity contribution in [3.63, 3.8) is 0 Å². The first-order chi connectivity index (χ1) is 9.66. The van der Waals surface area contributed by atoms with Crippen LogP contribution >= 0.6 is 0 Å². The third-order valence-electron chi connectivity index (χ3n) is 3.87. The van der Waals surface area contributed by atoms with E-state index in [2.05, 4.69) is 19.2 Å². The molecule has 1 aromatic carbocycles. The van der Waals surface area contributed by atoms with Gasteiger partial charge in [0.1, 0.15) is 5.82 Å². The normalized spacial score (nSPS) is 18.4. The van der Waals surface area contributed by atoms with Gasteiger partial charge in [-0.15, -0.1) is 0 Å². The summed E-state index contributed by atoms with van der Waals surface area (Å²) < 4.78 is 20.2. The molecule has 1 atom stereocenters. The number of benzene rings is 1. The van der Waals surface area contributed by atoms with Gasteiger partial charge >= 0.3 is 0 Å². The second-order valence-electron chi connectivity index (χ2n) is 5.97. The predicted octanol–water partition coefficient (Wildman–Crippen LogP) is 4.21. The monoisotopic (exact) mass is 279 g/mol. The molecule has 3 heteroatoms. The molecule has 20 heavy (non-hydrogen) atoms. The van der Waals surface area contributed by atoms with Crippen molar-refractivity contribution < 1.29 is 9.13 Å². The number of nitrogens with one attached hydrogen (secondary N) is 1. The van der Waals surface area contributed by atoms with Crippen LogP contribution in [-0.4, -0.2) is 18.7 Å². The van der Waals surface area contributed by atoms with Crippen molar-refractivity contribution >= 4 is 0 Å². The quantitative estimate of drug-likeness (QED) is 0.842. The molecule has 1 unspecified atom stereocenters. The minimum absolute atomic E-state index is 0.168. The minimum atomic E-state index is -0.193. The van der Waals surface area contributed by atoms with Crippen molar-refractivity contribution in [1.29, 1.82) is 0 Å². The summed E-state index contributed by atoms with van der Waals surface area (Å²) >= 11 is 0. The fourth-order valence-corrected chi connectivity index (χ4v) is 2.74. The van der Waals surface area contributed by atoms with Gasteiger partial charge in [-0.2, -0.15) is 0 Å². The van der Waals surface area contributed by atoms with E-state index < -0.39 is 0 Å². The summed E-state index contributed by atoms with van der Waals surface area (Å²) in [6.45, 7) is 4.85. The predicted molar refractivity (Wildman–Crippen MR) is 80.2 cm³/mol. The van der Waals surface area contributed by atoms with Crippen molar-refractivity contribution in [2.24, 2.45) is 0 Å². The van der Waals surface area contributed by atoms with E-state index in [9.17, 15) is 4.39 Å². The van der Waals surface area contributed by atoms with Crippen molar-refractivity contribution in [3.8, 4) is 0 Å². The highest BCUT2D eigenvalue weighted by molar-refractivity contribution is 5.20. The van der Waals surface area contributed by atoms with E-state index in [-0.39, 0.29) is 18.0 Å². The largest absolute Gasteiger partial charge is 0.369 e. The fourth-order valence-electron chi connectivity index (χ4n) is 2.74. The van der Waals surface area contributed by atoms with Gasteiger partial charge in [-0.25, -0.2) is 4.39 Å². The van der Waals surface area contributed by atoms with Crippen LogP contribution in [0, 0.1) is 5.82 Å². The smallest absolute Gasteiger partial charge is 0.129 e. The van der Waals surface area contributed by atoms with Crippen molar-refractivity contribution in [2.45, 2.75) is 64.2 Å². The maximum absolute atomic E-state index is 14.0. The summed E-state index contributed by atoms with van der Waals surface area (Å²) in [5.41, 5.74) is 0.672. The van der Waals surface area contributed by atoms with Crippen molar-refractivity contribution in [2.75, 3.05) is 6.54 Å². The first-order valence-corrected chi connectivity index (χ1v) is 7.80. The highest BCUT2D eigenvalue weighted by Gasteiger charge is 2.22. The van der Waals surface area contributed by atoms with Gasteiger partial charge in [0, 0.05) is 18.2 Å². The molecular weight excluding hydrogens is 253 g/mol. The third kappa shape index (κ3) is 4.57. The lowest BCUT2D eigenvalue weighted by Crippen LogP contribution is -2.32. The Morgan fingerprint density at radius 3 is 2.55 bits per heavy atom. The Morgan fingerprint density at radius 1 is 1.20 bits per heavy atom. The van der Waals surface area contributed by atoms with Crippen molar-refractivity contribution in [3.05, 3.63) is 35.6 Å². The standard InChI is InChI=1S/C17H26FNO/c1-13(2)19-12-17(15-10-6-7-11-16(15)18)20-14-8-4-3-5-9-14/h6-7,10-11,13-14,17,19H,3-5,8-9,12H2,1-2H3. The number of hydrogen-bond donors (Lipinski definition) is 1. The molecule has 0 spiro atoms. The Labute approximate surface area is 121 Å². The number of ether oxygens (including phenoxy) is 1. The molecule has 1 aliphatic rings. The lowest BCUT2D eigenvalue weighted by atomic mass is 9.97. The van der Waals surface area contributed by atoms with Crippen LogP contribution in [0.2, 0.25) is 0 Å². The van der Waals surface area contributed by atoms with Crippen LogP contribution < -0.4 is 5.32 Å². The van der Waals surface area contributed by atoms with Crippen LogP contribution in [0.4, 0.5) is 4.39 Å². The second-order valence-corrected chi connectivity index (χ2v) is 5.97. The number of rotatable bonds is 6. The van der Waals surface area contributed by atoms with Crippen LogP contribution in [0.1, 0.15) is 57.6 Å². The van der Waals surface area contributed by atoms with Crippen molar-refractivity contribution in [1.82, 2.24) is 5.32 Å². The lowest BCUT2D eigenvalue weighted by Gasteiger charge is -2.29. The number of halogens is 1. The van der Waals surface area contributed by atoms with Gasteiger partial charge in [0.2, 0.25) is 0 Å². The zero-order valence-corrected chi connectivity index (χ0v) is 12.6. The highest BCUT2D eigenvalue weighted by Crippen LogP contribution is 2.28. The first-order valence-electron chi connectivity index (χ1n) is 7.80. The Bertz CT molecular complexity index is 402. The molecule has 0 heterocycles. The molecule has 112 valence electrons. The SMILES string of the molecule is CC(C)NCC(OC1CCCCC1)c1ccccc1F. The molecule has 2 nitrogen and oxygen atoms in total. The van der Waals surface area contributed by atoms with Crippen LogP contribution in [-0.2, 0) is 4.74 Å². The summed E-state index contributed by atoms with van der Waals surface area (Å²) in [5, 5.41) is 3.37. The third-order valence-corrected chi connectivity index (χ3v) is 3.87. The fraction of sp³-hybridized carbons (Fsp3) is 0.647. The first kappa shape index (κ1) is 15.5. The van der Waals surface area contributed by atoms with E-state index in [1.54, 1.807) is 6.07 Å². The highest BCUT2D eigenvalue weighted by atomic mass is 19.1. The Hall–Kier alpha value is -0.930. The van der Waals surface area contributed by atoms with Crippen LogP contribution in [0.15, 0.2) is 24.3 Å². The average Bonchev–Trinajstić information content (AvgIpc) is 2.45. The maximum Gasteiger partial charge on any atom is 0.129 e. The van der Waals surface area contributed by atoms with Gasteiger partial charge in [0.05, 0.1) is 12.2 Å². The van der Waals surface area contributed by atoms with E-state index in [1.807, 2.05) is 12.1 Å². The zero-order valence-electron chi connectivity index (χ0n) is 12.6. The summed E-state index contributed by atoms with van der Waals surface area (Å²) in [7, 11) is 0. The molecule has 0 saturated heterocycles. The number of hydrogen-bond acceptors (Lipinski definition) is 2. The lowest BCUT2D eigenvalue weighted by molar-refractivity contribution is -0.0327. The van der Waals surface area contributed by atoms with Gasteiger partial charge in [0.25, 0.3) is 0 Å². The Kier molecular flexibility index (Phi) is 5.99. The van der Waals surface area contributed by atoms with Crippen LogP contribution in [0.25, 0.3) is 0 Å². The van der Waals surface area contributed by atoms with E-state index >= 15 is 0 Å². The van der Waals surface area contributed by atoms with Gasteiger partial charge in [-0.3, -0.25) is 0 Å². The molecule has 0 aliphatic heterocycles. The molecule has 0 radical (unpaired) electrons. The summed E-state index contributed by atoms with van der Waals surface area (Å²) in [4.78, 5) is 0.